The molecule has 0 saturated heterocycles. The SMILES string of the molecule is O=C(Cn1nc2c(SCc3ccc(Cl)cc3)nccn2c1=O)NCc1ccccc1. The van der Waals surface area contributed by atoms with Crippen molar-refractivity contribution in [1.82, 2.24) is 24.5 Å². The minimum atomic E-state index is -0.379. The molecule has 2 aromatic heterocycles. The van der Waals surface area contributed by atoms with Crippen molar-refractivity contribution < 1.29 is 4.79 Å². The average Bonchev–Trinajstić information content (AvgIpc) is 3.08. The second-order valence-corrected chi connectivity index (χ2v) is 7.94. The van der Waals surface area contributed by atoms with Crippen molar-refractivity contribution in [2.45, 2.75) is 23.9 Å². The summed E-state index contributed by atoms with van der Waals surface area (Å²) in [6.07, 6.45) is 3.11. The lowest BCUT2D eigenvalue weighted by atomic mass is 10.2. The number of benzene rings is 2. The Kier molecular flexibility index (Phi) is 6.15. The molecule has 0 saturated carbocycles. The number of rotatable bonds is 7. The summed E-state index contributed by atoms with van der Waals surface area (Å²) in [5.41, 5.74) is 2.11. The summed E-state index contributed by atoms with van der Waals surface area (Å²) in [6, 6.07) is 17.1. The van der Waals surface area contributed by atoms with E-state index in [1.165, 1.54) is 16.2 Å². The van der Waals surface area contributed by atoms with Gasteiger partial charge in [-0.25, -0.2) is 18.9 Å². The van der Waals surface area contributed by atoms with Crippen LogP contribution in [-0.4, -0.2) is 25.1 Å². The van der Waals surface area contributed by atoms with Gasteiger partial charge in [-0.3, -0.25) is 4.79 Å². The molecule has 4 rings (SSSR count). The summed E-state index contributed by atoms with van der Waals surface area (Å²) in [5.74, 6) is 0.371. The van der Waals surface area contributed by atoms with E-state index in [4.69, 9.17) is 11.6 Å². The van der Waals surface area contributed by atoms with E-state index in [9.17, 15) is 9.59 Å². The van der Waals surface area contributed by atoms with Crippen molar-refractivity contribution in [3.05, 3.63) is 93.6 Å². The third kappa shape index (κ3) is 4.72. The number of carbonyl (C=O) groups is 1. The van der Waals surface area contributed by atoms with Crippen molar-refractivity contribution >= 4 is 34.9 Å². The van der Waals surface area contributed by atoms with Crippen LogP contribution < -0.4 is 11.0 Å². The lowest BCUT2D eigenvalue weighted by Crippen LogP contribution is -2.32. The van der Waals surface area contributed by atoms with Crippen LogP contribution in [0.15, 0.2) is 76.8 Å². The van der Waals surface area contributed by atoms with Crippen LogP contribution in [0.4, 0.5) is 0 Å². The number of carbonyl (C=O) groups excluding carboxylic acids is 1. The van der Waals surface area contributed by atoms with Crippen molar-refractivity contribution in [2.24, 2.45) is 0 Å². The molecule has 2 aromatic carbocycles. The molecular formula is C21H18ClN5O2S. The van der Waals surface area contributed by atoms with Gasteiger partial charge in [0.15, 0.2) is 5.65 Å². The van der Waals surface area contributed by atoms with Crippen LogP contribution in [0.2, 0.25) is 5.02 Å². The number of nitrogens with zero attached hydrogens (tertiary/aromatic N) is 4. The number of nitrogens with one attached hydrogen (secondary N) is 1. The van der Waals surface area contributed by atoms with E-state index in [-0.39, 0.29) is 18.1 Å². The first-order valence-electron chi connectivity index (χ1n) is 9.22. The zero-order valence-electron chi connectivity index (χ0n) is 15.9. The lowest BCUT2D eigenvalue weighted by molar-refractivity contribution is -0.122. The maximum Gasteiger partial charge on any atom is 0.350 e. The monoisotopic (exact) mass is 439 g/mol. The van der Waals surface area contributed by atoms with E-state index in [0.717, 1.165) is 15.8 Å². The second-order valence-electron chi connectivity index (χ2n) is 6.54. The Labute approximate surface area is 181 Å². The Balaban J connectivity index is 1.47. The Morgan fingerprint density at radius 2 is 1.83 bits per heavy atom. The van der Waals surface area contributed by atoms with E-state index >= 15 is 0 Å². The molecule has 0 unspecified atom stereocenters. The highest BCUT2D eigenvalue weighted by Gasteiger charge is 2.14. The molecule has 4 aromatic rings. The number of amides is 1. The van der Waals surface area contributed by atoms with E-state index in [0.29, 0.717) is 28.0 Å². The molecule has 0 spiro atoms. The highest BCUT2D eigenvalue weighted by Crippen LogP contribution is 2.24. The fourth-order valence-electron chi connectivity index (χ4n) is 2.85. The smallest absolute Gasteiger partial charge is 0.350 e. The molecule has 1 amide bonds. The predicted octanol–water partition coefficient (Wildman–Crippen LogP) is 3.15. The van der Waals surface area contributed by atoms with Crippen LogP contribution in [0.25, 0.3) is 5.65 Å². The van der Waals surface area contributed by atoms with Gasteiger partial charge in [0.25, 0.3) is 0 Å². The van der Waals surface area contributed by atoms with Gasteiger partial charge < -0.3 is 5.32 Å². The highest BCUT2D eigenvalue weighted by atomic mass is 35.5. The molecule has 0 bridgehead atoms. The molecule has 30 heavy (non-hydrogen) atoms. The zero-order chi connectivity index (χ0) is 20.9. The third-order valence-electron chi connectivity index (χ3n) is 4.38. The zero-order valence-corrected chi connectivity index (χ0v) is 17.4. The van der Waals surface area contributed by atoms with Gasteiger partial charge in [-0.15, -0.1) is 5.10 Å². The fraction of sp³-hybridized carbons (Fsp3) is 0.143. The summed E-state index contributed by atoms with van der Waals surface area (Å²) in [6.45, 7) is 0.236. The average molecular weight is 440 g/mol. The van der Waals surface area contributed by atoms with Crippen LogP contribution in [0.3, 0.4) is 0 Å². The summed E-state index contributed by atoms with van der Waals surface area (Å²) in [4.78, 5) is 29.3. The number of thioether (sulfide) groups is 1. The molecule has 0 fully saturated rings. The van der Waals surface area contributed by atoms with Crippen molar-refractivity contribution in [1.29, 1.82) is 0 Å². The minimum Gasteiger partial charge on any atom is -0.350 e. The van der Waals surface area contributed by atoms with Gasteiger partial charge in [0.1, 0.15) is 11.6 Å². The normalized spacial score (nSPS) is 11.0. The number of halogens is 1. The number of hydrogen-bond acceptors (Lipinski definition) is 5. The van der Waals surface area contributed by atoms with Gasteiger partial charge in [0.05, 0.1) is 0 Å². The van der Waals surface area contributed by atoms with E-state index in [2.05, 4.69) is 15.4 Å². The number of fused-ring (bicyclic) bond motifs is 1. The predicted molar refractivity (Wildman–Crippen MR) is 117 cm³/mol. The molecule has 2 heterocycles. The van der Waals surface area contributed by atoms with Gasteiger partial charge in [-0.1, -0.05) is 65.8 Å². The first-order valence-corrected chi connectivity index (χ1v) is 10.6. The highest BCUT2D eigenvalue weighted by molar-refractivity contribution is 7.98. The first-order chi connectivity index (χ1) is 14.6. The van der Waals surface area contributed by atoms with Crippen molar-refractivity contribution in [3.63, 3.8) is 0 Å². The second kappa shape index (κ2) is 9.15. The van der Waals surface area contributed by atoms with E-state index in [1.54, 1.807) is 12.4 Å². The molecule has 0 aliphatic heterocycles. The molecular weight excluding hydrogens is 422 g/mol. The van der Waals surface area contributed by atoms with Gasteiger partial charge in [-0.2, -0.15) is 0 Å². The van der Waals surface area contributed by atoms with E-state index < -0.39 is 0 Å². The summed E-state index contributed by atoms with van der Waals surface area (Å²) >= 11 is 7.39. The van der Waals surface area contributed by atoms with Crippen LogP contribution >= 0.6 is 23.4 Å². The minimum absolute atomic E-state index is 0.158. The molecule has 0 atom stereocenters. The van der Waals surface area contributed by atoms with E-state index in [1.807, 2.05) is 54.6 Å². The largest absolute Gasteiger partial charge is 0.350 e. The topological polar surface area (TPSA) is 81.3 Å². The standard InChI is InChI=1S/C21H18ClN5O2S/c22-17-8-6-16(7-9-17)14-30-20-19-25-27(21(29)26(19)11-10-23-20)13-18(28)24-12-15-4-2-1-3-5-15/h1-11H,12-14H2,(H,24,28). The maximum absolute atomic E-state index is 12.6. The van der Waals surface area contributed by atoms with Gasteiger partial charge >= 0.3 is 5.69 Å². The summed E-state index contributed by atoms with van der Waals surface area (Å²) < 4.78 is 2.56. The van der Waals surface area contributed by atoms with Gasteiger partial charge in [0, 0.05) is 29.7 Å². The lowest BCUT2D eigenvalue weighted by Gasteiger charge is -2.04. The first kappa shape index (κ1) is 20.2. The van der Waals surface area contributed by atoms with Crippen LogP contribution in [0.1, 0.15) is 11.1 Å². The maximum atomic E-state index is 12.6. The third-order valence-corrected chi connectivity index (χ3v) is 5.68. The Hall–Kier alpha value is -3.10. The molecule has 7 nitrogen and oxygen atoms in total. The van der Waals surface area contributed by atoms with Crippen molar-refractivity contribution in [2.75, 3.05) is 0 Å². The van der Waals surface area contributed by atoms with Gasteiger partial charge in [-0.05, 0) is 23.3 Å². The van der Waals surface area contributed by atoms with Crippen LogP contribution in [-0.2, 0) is 23.6 Å². The molecule has 0 aliphatic carbocycles. The number of aromatic nitrogens is 4. The van der Waals surface area contributed by atoms with Crippen LogP contribution in [0.5, 0.6) is 0 Å². The van der Waals surface area contributed by atoms with Gasteiger partial charge in [0.2, 0.25) is 5.91 Å². The molecule has 0 radical (unpaired) electrons. The Bertz CT molecular complexity index is 1220. The quantitative estimate of drug-likeness (QED) is 0.447. The molecule has 0 aliphatic rings. The summed E-state index contributed by atoms with van der Waals surface area (Å²) in [5, 5.41) is 8.44. The fourth-order valence-corrected chi connectivity index (χ4v) is 3.88. The Morgan fingerprint density at radius 1 is 1.07 bits per heavy atom. The molecule has 152 valence electrons. The molecule has 9 heteroatoms. The van der Waals surface area contributed by atoms with Crippen molar-refractivity contribution in [3.8, 4) is 0 Å². The van der Waals surface area contributed by atoms with Crippen LogP contribution in [0, 0.1) is 0 Å². The summed E-state index contributed by atoms with van der Waals surface area (Å²) in [7, 11) is 0. The Morgan fingerprint density at radius 3 is 2.60 bits per heavy atom. The molecule has 1 N–H and O–H groups in total. The number of hydrogen-bond donors (Lipinski definition) is 1.